The first-order valence-corrected chi connectivity index (χ1v) is 10.6. The minimum absolute atomic E-state index is 0.0301. The fraction of sp³-hybridized carbons (Fsp3) is 0.450. The number of oxazole rings is 1. The molecule has 4 heterocycles. The molecular formula is C20H25N5O2S. The van der Waals surface area contributed by atoms with Gasteiger partial charge in [-0.15, -0.1) is 11.3 Å². The van der Waals surface area contributed by atoms with Crippen molar-refractivity contribution in [3.05, 3.63) is 40.3 Å². The molecule has 0 unspecified atom stereocenters. The predicted molar refractivity (Wildman–Crippen MR) is 109 cm³/mol. The van der Waals surface area contributed by atoms with Crippen LogP contribution in [0.2, 0.25) is 0 Å². The summed E-state index contributed by atoms with van der Waals surface area (Å²) in [5.74, 6) is 1.38. The average molecular weight is 400 g/mol. The Morgan fingerprint density at radius 3 is 2.79 bits per heavy atom. The summed E-state index contributed by atoms with van der Waals surface area (Å²) in [7, 11) is 1.81. The number of hydrogen-bond donors (Lipinski definition) is 0. The number of amides is 1. The van der Waals surface area contributed by atoms with Gasteiger partial charge in [-0.3, -0.25) is 14.3 Å². The highest BCUT2D eigenvalue weighted by molar-refractivity contribution is 7.12. The van der Waals surface area contributed by atoms with Crippen LogP contribution >= 0.6 is 11.3 Å². The van der Waals surface area contributed by atoms with Gasteiger partial charge in [-0.2, -0.15) is 0 Å². The smallest absolute Gasteiger partial charge is 0.266 e. The molecule has 4 rings (SSSR count). The molecule has 0 N–H and O–H groups in total. The zero-order valence-electron chi connectivity index (χ0n) is 16.5. The highest BCUT2D eigenvalue weighted by Gasteiger charge is 2.29. The van der Waals surface area contributed by atoms with Gasteiger partial charge in [-0.25, -0.2) is 9.97 Å². The molecule has 0 spiro atoms. The normalized spacial score (nSPS) is 13.7. The van der Waals surface area contributed by atoms with Crippen molar-refractivity contribution in [1.82, 2.24) is 24.3 Å². The van der Waals surface area contributed by atoms with E-state index >= 15 is 0 Å². The van der Waals surface area contributed by atoms with E-state index in [0.717, 1.165) is 54.5 Å². The molecule has 148 valence electrons. The Kier molecular flexibility index (Phi) is 5.32. The van der Waals surface area contributed by atoms with Crippen LogP contribution in [-0.2, 0) is 13.1 Å². The van der Waals surface area contributed by atoms with E-state index in [4.69, 9.17) is 4.42 Å². The standard InChI is InChI=1S/C20H25N5O2S/c1-4-7-24(8-5-2)11-14-10-21-19(27-14)17-16-12-23(3)20(26)18-15(6-9-28-18)25(16)13-22-17/h6,9-10,13H,4-5,7-8,11-12H2,1-3H3. The lowest BCUT2D eigenvalue weighted by Gasteiger charge is -2.18. The number of nitrogens with zero attached hydrogens (tertiary/aromatic N) is 5. The molecular weight excluding hydrogens is 374 g/mol. The van der Waals surface area contributed by atoms with E-state index in [1.54, 1.807) is 17.4 Å². The van der Waals surface area contributed by atoms with Crippen molar-refractivity contribution in [3.8, 4) is 17.3 Å². The van der Waals surface area contributed by atoms with E-state index in [1.807, 2.05) is 23.1 Å². The second kappa shape index (κ2) is 7.89. The summed E-state index contributed by atoms with van der Waals surface area (Å²) in [5, 5.41) is 1.93. The van der Waals surface area contributed by atoms with Crippen molar-refractivity contribution >= 4 is 17.2 Å². The Labute approximate surface area is 168 Å². The zero-order valence-corrected chi connectivity index (χ0v) is 17.3. The molecule has 0 saturated heterocycles. The number of rotatable bonds is 7. The van der Waals surface area contributed by atoms with Crippen LogP contribution in [0, 0.1) is 0 Å². The largest absolute Gasteiger partial charge is 0.438 e. The summed E-state index contributed by atoms with van der Waals surface area (Å²) in [6, 6.07) is 1.96. The maximum Gasteiger partial charge on any atom is 0.266 e. The molecule has 3 aromatic rings. The van der Waals surface area contributed by atoms with E-state index in [9.17, 15) is 4.79 Å². The van der Waals surface area contributed by atoms with E-state index in [0.29, 0.717) is 18.1 Å². The molecule has 0 aliphatic carbocycles. The summed E-state index contributed by atoms with van der Waals surface area (Å²) in [4.78, 5) is 26.5. The molecule has 3 aromatic heterocycles. The van der Waals surface area contributed by atoms with Gasteiger partial charge in [0.15, 0.2) is 0 Å². The van der Waals surface area contributed by atoms with Crippen LogP contribution < -0.4 is 0 Å². The van der Waals surface area contributed by atoms with Gasteiger partial charge in [0.1, 0.15) is 22.7 Å². The van der Waals surface area contributed by atoms with Gasteiger partial charge in [0, 0.05) is 7.05 Å². The van der Waals surface area contributed by atoms with Gasteiger partial charge in [-0.1, -0.05) is 13.8 Å². The quantitative estimate of drug-likeness (QED) is 0.605. The third-order valence-electron chi connectivity index (χ3n) is 4.91. The molecule has 8 heteroatoms. The number of aromatic nitrogens is 3. The van der Waals surface area contributed by atoms with E-state index in [2.05, 4.69) is 28.7 Å². The monoisotopic (exact) mass is 399 g/mol. The van der Waals surface area contributed by atoms with Crippen LogP contribution in [0.3, 0.4) is 0 Å². The number of carbonyl (C=O) groups is 1. The third kappa shape index (κ3) is 3.38. The van der Waals surface area contributed by atoms with Gasteiger partial charge in [0.2, 0.25) is 5.89 Å². The molecule has 0 atom stereocenters. The van der Waals surface area contributed by atoms with Crippen LogP contribution in [0.4, 0.5) is 0 Å². The van der Waals surface area contributed by atoms with Crippen molar-refractivity contribution in [2.45, 2.75) is 39.8 Å². The summed E-state index contributed by atoms with van der Waals surface area (Å²) in [5.41, 5.74) is 2.49. The van der Waals surface area contributed by atoms with Crippen molar-refractivity contribution in [3.63, 3.8) is 0 Å². The molecule has 1 aliphatic heterocycles. The Bertz CT molecular complexity index is 967. The van der Waals surface area contributed by atoms with Crippen molar-refractivity contribution in [1.29, 1.82) is 0 Å². The Balaban J connectivity index is 1.65. The molecule has 0 bridgehead atoms. The second-order valence-electron chi connectivity index (χ2n) is 7.11. The van der Waals surface area contributed by atoms with Crippen LogP contribution in [-0.4, -0.2) is 50.4 Å². The maximum atomic E-state index is 12.6. The molecule has 0 aromatic carbocycles. The van der Waals surface area contributed by atoms with Gasteiger partial charge >= 0.3 is 0 Å². The first-order chi connectivity index (χ1) is 13.6. The second-order valence-corrected chi connectivity index (χ2v) is 8.03. The third-order valence-corrected chi connectivity index (χ3v) is 5.81. The Morgan fingerprint density at radius 1 is 1.25 bits per heavy atom. The van der Waals surface area contributed by atoms with Gasteiger partial charge in [-0.05, 0) is 37.4 Å². The average Bonchev–Trinajstić information content (AvgIpc) is 3.39. The topological polar surface area (TPSA) is 67.4 Å². The Morgan fingerprint density at radius 2 is 2.04 bits per heavy atom. The van der Waals surface area contributed by atoms with Gasteiger partial charge in [0.25, 0.3) is 5.91 Å². The number of imidazole rings is 1. The van der Waals surface area contributed by atoms with E-state index in [1.165, 1.54) is 11.3 Å². The molecule has 0 fully saturated rings. The SMILES string of the molecule is CCCN(CCC)Cc1cnc(-c2ncn3c2CN(C)C(=O)c2sccc2-3)o1. The highest BCUT2D eigenvalue weighted by Crippen LogP contribution is 2.32. The summed E-state index contributed by atoms with van der Waals surface area (Å²) in [6.07, 6.45) is 5.77. The predicted octanol–water partition coefficient (Wildman–Crippen LogP) is 3.80. The minimum atomic E-state index is 0.0301. The number of carbonyl (C=O) groups excluding carboxylic acids is 1. The molecule has 0 saturated carbocycles. The first kappa shape index (κ1) is 18.9. The van der Waals surface area contributed by atoms with Crippen molar-refractivity contribution in [2.75, 3.05) is 20.1 Å². The van der Waals surface area contributed by atoms with Crippen LogP contribution in [0.5, 0.6) is 0 Å². The van der Waals surface area contributed by atoms with E-state index in [-0.39, 0.29) is 5.91 Å². The van der Waals surface area contributed by atoms with Gasteiger partial charge < -0.3 is 9.32 Å². The van der Waals surface area contributed by atoms with Crippen LogP contribution in [0.1, 0.15) is 47.8 Å². The molecule has 1 aliphatic rings. The minimum Gasteiger partial charge on any atom is -0.438 e. The number of thiophene rings is 1. The maximum absolute atomic E-state index is 12.6. The Hall–Kier alpha value is -2.45. The summed E-state index contributed by atoms with van der Waals surface area (Å²) >= 11 is 1.45. The fourth-order valence-corrected chi connectivity index (χ4v) is 4.52. The van der Waals surface area contributed by atoms with E-state index < -0.39 is 0 Å². The zero-order chi connectivity index (χ0) is 19.7. The summed E-state index contributed by atoms with van der Waals surface area (Å²) in [6.45, 7) is 7.66. The van der Waals surface area contributed by atoms with Crippen molar-refractivity contribution in [2.24, 2.45) is 0 Å². The number of fused-ring (bicyclic) bond motifs is 3. The van der Waals surface area contributed by atoms with Crippen LogP contribution in [0.25, 0.3) is 17.3 Å². The number of hydrogen-bond acceptors (Lipinski definition) is 6. The van der Waals surface area contributed by atoms with Gasteiger partial charge in [0.05, 0.1) is 30.7 Å². The highest BCUT2D eigenvalue weighted by atomic mass is 32.1. The lowest BCUT2D eigenvalue weighted by Crippen LogP contribution is -2.24. The first-order valence-electron chi connectivity index (χ1n) is 9.69. The molecule has 0 radical (unpaired) electrons. The molecule has 1 amide bonds. The lowest BCUT2D eigenvalue weighted by molar-refractivity contribution is 0.0792. The molecule has 7 nitrogen and oxygen atoms in total. The van der Waals surface area contributed by atoms with Crippen LogP contribution in [0.15, 0.2) is 28.4 Å². The summed E-state index contributed by atoms with van der Waals surface area (Å²) < 4.78 is 8.04. The lowest BCUT2D eigenvalue weighted by atomic mass is 10.3. The van der Waals surface area contributed by atoms with Crippen molar-refractivity contribution < 1.29 is 9.21 Å². The fourth-order valence-electron chi connectivity index (χ4n) is 3.65. The molecule has 28 heavy (non-hydrogen) atoms.